The number of nitrogens with zero attached hydrogens (tertiary/aromatic N) is 2. The summed E-state index contributed by atoms with van der Waals surface area (Å²) in [4.78, 5) is 28.4. The van der Waals surface area contributed by atoms with Crippen molar-refractivity contribution in [3.05, 3.63) is 35.9 Å². The first kappa shape index (κ1) is 16.5. The fourth-order valence-electron chi connectivity index (χ4n) is 2.70. The standard InChI is InChI=1S/C17H24N2O3/c1-14(15-7-4-3-5-8-15)17(21)19-10-6-9-18(11-12-22-2)16(20)13-19/h3-5,7-8,14H,6,9-13H2,1-2H3. The number of rotatable bonds is 5. The number of methoxy groups -OCH3 is 1. The normalized spacial score (nSPS) is 17.3. The smallest absolute Gasteiger partial charge is 0.242 e. The van der Waals surface area contributed by atoms with E-state index < -0.39 is 0 Å². The zero-order valence-electron chi connectivity index (χ0n) is 13.3. The van der Waals surface area contributed by atoms with Crippen LogP contribution < -0.4 is 0 Å². The molecule has 0 radical (unpaired) electrons. The van der Waals surface area contributed by atoms with Gasteiger partial charge in [0, 0.05) is 26.7 Å². The third-order valence-corrected chi connectivity index (χ3v) is 4.08. The number of hydrogen-bond acceptors (Lipinski definition) is 3. The number of carbonyl (C=O) groups is 2. The van der Waals surface area contributed by atoms with Crippen molar-refractivity contribution < 1.29 is 14.3 Å². The molecule has 1 unspecified atom stereocenters. The van der Waals surface area contributed by atoms with Crippen molar-refractivity contribution in [1.82, 2.24) is 9.80 Å². The fourth-order valence-corrected chi connectivity index (χ4v) is 2.70. The molecule has 1 fully saturated rings. The van der Waals surface area contributed by atoms with E-state index in [2.05, 4.69) is 0 Å². The van der Waals surface area contributed by atoms with Crippen molar-refractivity contribution in [2.45, 2.75) is 19.3 Å². The molecule has 0 spiro atoms. The lowest BCUT2D eigenvalue weighted by atomic mass is 10.00. The van der Waals surface area contributed by atoms with Crippen LogP contribution in [-0.2, 0) is 14.3 Å². The van der Waals surface area contributed by atoms with Gasteiger partial charge in [0.15, 0.2) is 0 Å². The first-order chi connectivity index (χ1) is 10.6. The highest BCUT2D eigenvalue weighted by Crippen LogP contribution is 2.19. The van der Waals surface area contributed by atoms with E-state index >= 15 is 0 Å². The molecule has 1 saturated heterocycles. The monoisotopic (exact) mass is 304 g/mol. The third kappa shape index (κ3) is 4.07. The zero-order chi connectivity index (χ0) is 15.9. The molecule has 5 nitrogen and oxygen atoms in total. The Balaban J connectivity index is 2.00. The first-order valence-corrected chi connectivity index (χ1v) is 7.74. The second-order valence-corrected chi connectivity index (χ2v) is 5.62. The predicted molar refractivity (Wildman–Crippen MR) is 84.5 cm³/mol. The minimum Gasteiger partial charge on any atom is -0.383 e. The van der Waals surface area contributed by atoms with Crippen LogP contribution in [0, 0.1) is 0 Å². The molecule has 1 heterocycles. The summed E-state index contributed by atoms with van der Waals surface area (Å²) in [6.45, 7) is 4.50. The van der Waals surface area contributed by atoms with Crippen LogP contribution in [0.2, 0.25) is 0 Å². The average molecular weight is 304 g/mol. The lowest BCUT2D eigenvalue weighted by Crippen LogP contribution is -2.41. The Morgan fingerprint density at radius 2 is 2.00 bits per heavy atom. The zero-order valence-corrected chi connectivity index (χ0v) is 13.3. The number of carbonyl (C=O) groups excluding carboxylic acids is 2. The fraction of sp³-hybridized carbons (Fsp3) is 0.529. The summed E-state index contributed by atoms with van der Waals surface area (Å²) in [5.41, 5.74) is 0.987. The maximum atomic E-state index is 12.6. The van der Waals surface area contributed by atoms with Crippen molar-refractivity contribution in [3.8, 4) is 0 Å². The average Bonchev–Trinajstić information content (AvgIpc) is 2.74. The van der Waals surface area contributed by atoms with Crippen LogP contribution in [0.4, 0.5) is 0 Å². The molecule has 0 bridgehead atoms. The second kappa shape index (κ2) is 7.94. The van der Waals surface area contributed by atoms with Gasteiger partial charge in [-0.15, -0.1) is 0 Å². The molecular weight excluding hydrogens is 280 g/mol. The Morgan fingerprint density at radius 3 is 2.68 bits per heavy atom. The Kier molecular flexibility index (Phi) is 5.95. The summed E-state index contributed by atoms with van der Waals surface area (Å²) in [5, 5.41) is 0. The van der Waals surface area contributed by atoms with Crippen LogP contribution in [-0.4, -0.2) is 61.5 Å². The van der Waals surface area contributed by atoms with Gasteiger partial charge in [-0.1, -0.05) is 30.3 Å². The summed E-state index contributed by atoms with van der Waals surface area (Å²) >= 11 is 0. The molecule has 0 saturated carbocycles. The Labute approximate surface area is 131 Å². The Morgan fingerprint density at radius 1 is 1.27 bits per heavy atom. The van der Waals surface area contributed by atoms with E-state index in [1.54, 1.807) is 16.9 Å². The van der Waals surface area contributed by atoms with E-state index in [9.17, 15) is 9.59 Å². The molecule has 2 rings (SSSR count). The van der Waals surface area contributed by atoms with E-state index in [0.717, 1.165) is 12.0 Å². The van der Waals surface area contributed by atoms with Gasteiger partial charge in [0.05, 0.1) is 19.1 Å². The molecule has 1 aromatic rings. The number of hydrogen-bond donors (Lipinski definition) is 0. The summed E-state index contributed by atoms with van der Waals surface area (Å²) in [6, 6.07) is 9.70. The van der Waals surface area contributed by atoms with Gasteiger partial charge >= 0.3 is 0 Å². The van der Waals surface area contributed by atoms with E-state index in [4.69, 9.17) is 4.74 Å². The summed E-state index contributed by atoms with van der Waals surface area (Å²) in [6.07, 6.45) is 0.808. The van der Waals surface area contributed by atoms with E-state index in [-0.39, 0.29) is 24.3 Å². The van der Waals surface area contributed by atoms with Crippen LogP contribution in [0.5, 0.6) is 0 Å². The van der Waals surface area contributed by atoms with Crippen LogP contribution >= 0.6 is 0 Å². The van der Waals surface area contributed by atoms with E-state index in [1.807, 2.05) is 37.3 Å². The highest BCUT2D eigenvalue weighted by Gasteiger charge is 2.27. The molecule has 22 heavy (non-hydrogen) atoms. The molecule has 0 N–H and O–H groups in total. The number of benzene rings is 1. The van der Waals surface area contributed by atoms with Gasteiger partial charge in [-0.25, -0.2) is 0 Å². The molecule has 0 aliphatic carbocycles. The SMILES string of the molecule is COCCN1CCCN(C(=O)C(C)c2ccccc2)CC1=O. The van der Waals surface area contributed by atoms with Gasteiger partial charge < -0.3 is 14.5 Å². The molecule has 2 amide bonds. The van der Waals surface area contributed by atoms with Crippen molar-refractivity contribution in [2.24, 2.45) is 0 Å². The van der Waals surface area contributed by atoms with Crippen LogP contribution in [0.25, 0.3) is 0 Å². The van der Waals surface area contributed by atoms with E-state index in [0.29, 0.717) is 26.2 Å². The molecule has 1 aromatic carbocycles. The second-order valence-electron chi connectivity index (χ2n) is 5.62. The van der Waals surface area contributed by atoms with Crippen LogP contribution in [0.3, 0.4) is 0 Å². The van der Waals surface area contributed by atoms with Crippen molar-refractivity contribution >= 4 is 11.8 Å². The van der Waals surface area contributed by atoms with Crippen molar-refractivity contribution in [3.63, 3.8) is 0 Å². The van der Waals surface area contributed by atoms with Crippen molar-refractivity contribution in [1.29, 1.82) is 0 Å². The number of ether oxygens (including phenoxy) is 1. The maximum Gasteiger partial charge on any atom is 0.242 e. The topological polar surface area (TPSA) is 49.9 Å². The molecule has 1 aliphatic heterocycles. The molecule has 0 aromatic heterocycles. The quantitative estimate of drug-likeness (QED) is 0.828. The first-order valence-electron chi connectivity index (χ1n) is 7.74. The van der Waals surface area contributed by atoms with Crippen LogP contribution in [0.15, 0.2) is 30.3 Å². The summed E-state index contributed by atoms with van der Waals surface area (Å²) in [5.74, 6) is -0.198. The molecule has 1 aliphatic rings. The highest BCUT2D eigenvalue weighted by atomic mass is 16.5. The largest absolute Gasteiger partial charge is 0.383 e. The molecule has 5 heteroatoms. The minimum absolute atomic E-state index is 0.00293. The Bertz CT molecular complexity index is 504. The number of amides is 2. The third-order valence-electron chi connectivity index (χ3n) is 4.08. The van der Waals surface area contributed by atoms with Gasteiger partial charge in [-0.2, -0.15) is 0 Å². The molecular formula is C17H24N2O3. The van der Waals surface area contributed by atoms with E-state index in [1.165, 1.54) is 0 Å². The lowest BCUT2D eigenvalue weighted by molar-refractivity contribution is -0.139. The van der Waals surface area contributed by atoms with Crippen LogP contribution in [0.1, 0.15) is 24.8 Å². The molecule has 1 atom stereocenters. The van der Waals surface area contributed by atoms with Gasteiger partial charge in [0.2, 0.25) is 11.8 Å². The molecule has 120 valence electrons. The highest BCUT2D eigenvalue weighted by molar-refractivity contribution is 5.88. The van der Waals surface area contributed by atoms with Crippen molar-refractivity contribution in [2.75, 3.05) is 39.9 Å². The summed E-state index contributed by atoms with van der Waals surface area (Å²) < 4.78 is 5.03. The predicted octanol–water partition coefficient (Wildman–Crippen LogP) is 1.50. The van der Waals surface area contributed by atoms with Gasteiger partial charge in [-0.3, -0.25) is 9.59 Å². The summed E-state index contributed by atoms with van der Waals surface area (Å²) in [7, 11) is 1.62. The minimum atomic E-state index is -0.223. The van der Waals surface area contributed by atoms with Gasteiger partial charge in [-0.05, 0) is 18.9 Å². The Hall–Kier alpha value is -1.88. The maximum absolute atomic E-state index is 12.6. The van der Waals surface area contributed by atoms with Gasteiger partial charge in [0.1, 0.15) is 0 Å². The lowest BCUT2D eigenvalue weighted by Gasteiger charge is -2.24. The van der Waals surface area contributed by atoms with Gasteiger partial charge in [0.25, 0.3) is 0 Å².